The van der Waals surface area contributed by atoms with E-state index in [0.29, 0.717) is 38.2 Å². The van der Waals surface area contributed by atoms with Crippen LogP contribution in [0, 0.1) is 5.92 Å². The van der Waals surface area contributed by atoms with Crippen molar-refractivity contribution in [2.24, 2.45) is 5.92 Å². The molecule has 3 heterocycles. The molecule has 2 amide bonds. The fourth-order valence-corrected chi connectivity index (χ4v) is 4.63. The van der Waals surface area contributed by atoms with Crippen LogP contribution in [0.25, 0.3) is 10.2 Å². The summed E-state index contributed by atoms with van der Waals surface area (Å²) in [6, 6.07) is 11.8. The number of fused-ring (bicyclic) bond motifs is 1. The summed E-state index contributed by atoms with van der Waals surface area (Å²) in [6.45, 7) is 4.59. The van der Waals surface area contributed by atoms with Gasteiger partial charge in [-0.3, -0.25) is 9.59 Å². The Morgan fingerprint density at radius 1 is 1.19 bits per heavy atom. The third-order valence-corrected chi connectivity index (χ3v) is 6.63. The van der Waals surface area contributed by atoms with Crippen molar-refractivity contribution in [2.75, 3.05) is 19.7 Å². The molecule has 1 saturated heterocycles. The molecule has 1 aliphatic rings. The minimum Gasteiger partial charge on any atom is -0.494 e. The number of piperidine rings is 1. The zero-order chi connectivity index (χ0) is 21.6. The summed E-state index contributed by atoms with van der Waals surface area (Å²) < 4.78 is 5.67. The molecule has 0 bridgehead atoms. The lowest BCUT2D eigenvalue weighted by molar-refractivity contribution is -0.126. The van der Waals surface area contributed by atoms with E-state index < -0.39 is 0 Å². The van der Waals surface area contributed by atoms with E-state index in [-0.39, 0.29) is 17.7 Å². The number of benzene rings is 1. The summed E-state index contributed by atoms with van der Waals surface area (Å²) >= 11 is 1.60. The van der Waals surface area contributed by atoms with Crippen molar-refractivity contribution >= 4 is 33.4 Å². The monoisotopic (exact) mass is 439 g/mol. The van der Waals surface area contributed by atoms with Crippen LogP contribution < -0.4 is 10.1 Å². The standard InChI is InChI=1S/C24H29N3O3S/c1-2-3-13-30-20-6-4-17(5-7-20)16-25-22(28)18-8-11-27(12-9-18)24(29)21-15-19-10-14-31-23(19)26-21/h4-7,10,14-15,18,26H,2-3,8-9,11-13,16H2,1H3,(H,25,28). The van der Waals surface area contributed by atoms with E-state index in [1.807, 2.05) is 46.7 Å². The summed E-state index contributed by atoms with van der Waals surface area (Å²) in [6.07, 6.45) is 3.54. The maximum absolute atomic E-state index is 12.8. The summed E-state index contributed by atoms with van der Waals surface area (Å²) in [4.78, 5) is 31.4. The third-order valence-electron chi connectivity index (χ3n) is 5.78. The Hall–Kier alpha value is -2.80. The highest BCUT2D eigenvalue weighted by Crippen LogP contribution is 2.24. The van der Waals surface area contributed by atoms with Crippen molar-refractivity contribution in [1.82, 2.24) is 15.2 Å². The highest BCUT2D eigenvalue weighted by molar-refractivity contribution is 7.16. The number of aromatic amines is 1. The Bertz CT molecular complexity index is 988. The molecular formula is C24H29N3O3S. The van der Waals surface area contributed by atoms with Gasteiger partial charge < -0.3 is 19.9 Å². The van der Waals surface area contributed by atoms with Crippen molar-refractivity contribution in [1.29, 1.82) is 0 Å². The van der Waals surface area contributed by atoms with E-state index in [2.05, 4.69) is 17.2 Å². The quantitative estimate of drug-likeness (QED) is 0.505. The van der Waals surface area contributed by atoms with E-state index >= 15 is 0 Å². The van der Waals surface area contributed by atoms with Gasteiger partial charge in [-0.25, -0.2) is 0 Å². The number of carbonyl (C=O) groups excluding carboxylic acids is 2. The number of thiophene rings is 1. The van der Waals surface area contributed by atoms with Gasteiger partial charge in [0.2, 0.25) is 5.91 Å². The molecule has 0 radical (unpaired) electrons. The number of nitrogens with one attached hydrogen (secondary N) is 2. The molecule has 31 heavy (non-hydrogen) atoms. The van der Waals surface area contributed by atoms with Crippen LogP contribution in [0.4, 0.5) is 0 Å². The smallest absolute Gasteiger partial charge is 0.270 e. The molecule has 0 unspecified atom stereocenters. The molecule has 2 aromatic heterocycles. The van der Waals surface area contributed by atoms with Gasteiger partial charge >= 0.3 is 0 Å². The average Bonchev–Trinajstić information content (AvgIpc) is 3.41. The van der Waals surface area contributed by atoms with Gasteiger partial charge in [0.25, 0.3) is 5.91 Å². The highest BCUT2D eigenvalue weighted by atomic mass is 32.1. The molecule has 2 N–H and O–H groups in total. The molecule has 4 rings (SSSR count). The summed E-state index contributed by atoms with van der Waals surface area (Å²) in [5.74, 6) is 0.898. The van der Waals surface area contributed by atoms with Crippen LogP contribution >= 0.6 is 11.3 Å². The van der Waals surface area contributed by atoms with E-state index in [1.165, 1.54) is 0 Å². The normalized spacial score (nSPS) is 14.7. The van der Waals surface area contributed by atoms with Crippen LogP contribution in [0.15, 0.2) is 41.8 Å². The molecule has 0 spiro atoms. The lowest BCUT2D eigenvalue weighted by Crippen LogP contribution is -2.43. The number of unbranched alkanes of at least 4 members (excludes halogenated alkanes) is 1. The molecule has 1 aromatic carbocycles. The van der Waals surface area contributed by atoms with Crippen LogP contribution in [-0.2, 0) is 11.3 Å². The predicted molar refractivity (Wildman–Crippen MR) is 123 cm³/mol. The summed E-state index contributed by atoms with van der Waals surface area (Å²) in [5, 5.41) is 6.12. The Balaban J connectivity index is 1.22. The minimum absolute atomic E-state index is 0.0171. The predicted octanol–water partition coefficient (Wildman–Crippen LogP) is 4.58. The van der Waals surface area contributed by atoms with Crippen LogP contribution in [0.2, 0.25) is 0 Å². The van der Waals surface area contributed by atoms with Crippen molar-refractivity contribution < 1.29 is 14.3 Å². The molecular weight excluding hydrogens is 410 g/mol. The van der Waals surface area contributed by atoms with Gasteiger partial charge in [0.05, 0.1) is 6.61 Å². The van der Waals surface area contributed by atoms with Crippen LogP contribution in [0.1, 0.15) is 48.7 Å². The number of nitrogens with zero attached hydrogens (tertiary/aromatic N) is 1. The molecule has 3 aromatic rings. The Kier molecular flexibility index (Phi) is 6.92. The van der Waals surface area contributed by atoms with E-state index in [4.69, 9.17) is 4.74 Å². The number of carbonyl (C=O) groups is 2. The SMILES string of the molecule is CCCCOc1ccc(CNC(=O)C2CCN(C(=O)c3cc4ccsc4[nH]3)CC2)cc1. The first-order chi connectivity index (χ1) is 15.1. The number of ether oxygens (including phenoxy) is 1. The molecule has 0 atom stereocenters. The van der Waals surface area contributed by atoms with Gasteiger partial charge in [-0.2, -0.15) is 0 Å². The van der Waals surface area contributed by atoms with Crippen LogP contribution in [0.3, 0.4) is 0 Å². The third kappa shape index (κ3) is 5.28. The van der Waals surface area contributed by atoms with Gasteiger partial charge in [-0.1, -0.05) is 25.5 Å². The van der Waals surface area contributed by atoms with Gasteiger partial charge in [-0.15, -0.1) is 11.3 Å². The van der Waals surface area contributed by atoms with Crippen molar-refractivity contribution in [3.8, 4) is 5.75 Å². The molecule has 0 saturated carbocycles. The first kappa shape index (κ1) is 21.4. The second-order valence-electron chi connectivity index (χ2n) is 8.02. The van der Waals surface area contributed by atoms with Crippen LogP contribution in [-0.4, -0.2) is 41.4 Å². The number of rotatable bonds is 8. The zero-order valence-corrected chi connectivity index (χ0v) is 18.7. The fraction of sp³-hybridized carbons (Fsp3) is 0.417. The van der Waals surface area contributed by atoms with Gasteiger partial charge in [-0.05, 0) is 54.5 Å². The number of hydrogen-bond acceptors (Lipinski definition) is 4. The van der Waals surface area contributed by atoms with E-state index in [0.717, 1.165) is 41.0 Å². The topological polar surface area (TPSA) is 74.4 Å². The minimum atomic E-state index is -0.0483. The number of likely N-dealkylation sites (tertiary alicyclic amines) is 1. The maximum Gasteiger partial charge on any atom is 0.270 e. The average molecular weight is 440 g/mol. The number of amides is 2. The van der Waals surface area contributed by atoms with Gasteiger partial charge in [0, 0.05) is 30.9 Å². The van der Waals surface area contributed by atoms with E-state index in [1.54, 1.807) is 11.3 Å². The largest absolute Gasteiger partial charge is 0.494 e. The Morgan fingerprint density at radius 2 is 1.97 bits per heavy atom. The van der Waals surface area contributed by atoms with E-state index in [9.17, 15) is 9.59 Å². The molecule has 6 nitrogen and oxygen atoms in total. The lowest BCUT2D eigenvalue weighted by atomic mass is 9.95. The second-order valence-corrected chi connectivity index (χ2v) is 8.93. The van der Waals surface area contributed by atoms with Crippen molar-refractivity contribution in [2.45, 2.75) is 39.2 Å². The first-order valence-electron chi connectivity index (χ1n) is 11.0. The number of aromatic nitrogens is 1. The van der Waals surface area contributed by atoms with Crippen molar-refractivity contribution in [3.63, 3.8) is 0 Å². The maximum atomic E-state index is 12.8. The summed E-state index contributed by atoms with van der Waals surface area (Å²) in [5.41, 5.74) is 1.68. The molecule has 1 fully saturated rings. The zero-order valence-electron chi connectivity index (χ0n) is 17.9. The Labute approximate surface area is 186 Å². The number of hydrogen-bond donors (Lipinski definition) is 2. The van der Waals surface area contributed by atoms with Crippen molar-refractivity contribution in [3.05, 3.63) is 53.0 Å². The summed E-state index contributed by atoms with van der Waals surface area (Å²) in [7, 11) is 0. The molecule has 1 aliphatic heterocycles. The second kappa shape index (κ2) is 10.0. The fourth-order valence-electron chi connectivity index (χ4n) is 3.85. The number of H-pyrrole nitrogens is 1. The highest BCUT2D eigenvalue weighted by Gasteiger charge is 2.28. The van der Waals surface area contributed by atoms with Gasteiger partial charge in [0.15, 0.2) is 0 Å². The molecule has 164 valence electrons. The first-order valence-corrected chi connectivity index (χ1v) is 11.9. The molecule has 7 heteroatoms. The lowest BCUT2D eigenvalue weighted by Gasteiger charge is -2.31. The van der Waals surface area contributed by atoms with Crippen LogP contribution in [0.5, 0.6) is 5.75 Å². The van der Waals surface area contributed by atoms with Gasteiger partial charge in [0.1, 0.15) is 16.3 Å². The Morgan fingerprint density at radius 3 is 2.68 bits per heavy atom. The molecule has 0 aliphatic carbocycles.